The number of hydrogen-bond donors (Lipinski definition) is 0. The Balaban J connectivity index is 1.83. The van der Waals surface area contributed by atoms with Crippen molar-refractivity contribution in [1.82, 2.24) is 9.80 Å². The Kier molecular flexibility index (Phi) is 8.17. The van der Waals surface area contributed by atoms with Crippen molar-refractivity contribution in [3.63, 3.8) is 0 Å². The van der Waals surface area contributed by atoms with Crippen LogP contribution in [-0.2, 0) is 21.4 Å². The van der Waals surface area contributed by atoms with E-state index in [1.807, 2.05) is 29.2 Å². The molecule has 0 radical (unpaired) electrons. The SMILES string of the molecule is CCCCCC(=O)N1CC(=O)N(CCc2ccc(OC)cc2)C1c1ccc(C(C)(C)C)cc1. The van der Waals surface area contributed by atoms with Crippen molar-refractivity contribution in [3.05, 3.63) is 65.2 Å². The number of carbonyl (C=O) groups excluding carboxylic acids is 2. The van der Waals surface area contributed by atoms with Crippen molar-refractivity contribution in [3.8, 4) is 5.75 Å². The number of rotatable bonds is 9. The van der Waals surface area contributed by atoms with Crippen LogP contribution in [0.3, 0.4) is 0 Å². The van der Waals surface area contributed by atoms with Crippen LogP contribution in [0, 0.1) is 0 Å². The predicted octanol–water partition coefficient (Wildman–Crippen LogP) is 5.49. The van der Waals surface area contributed by atoms with Crippen LogP contribution in [0.1, 0.15) is 76.2 Å². The van der Waals surface area contributed by atoms with Crippen LogP contribution in [0.4, 0.5) is 0 Å². The van der Waals surface area contributed by atoms with Crippen molar-refractivity contribution in [2.24, 2.45) is 0 Å². The molecule has 3 rings (SSSR count). The van der Waals surface area contributed by atoms with Gasteiger partial charge in [-0.1, -0.05) is 76.9 Å². The maximum atomic E-state index is 13.1. The smallest absolute Gasteiger partial charge is 0.244 e. The van der Waals surface area contributed by atoms with Gasteiger partial charge in [0.2, 0.25) is 11.8 Å². The summed E-state index contributed by atoms with van der Waals surface area (Å²) in [5.74, 6) is 0.891. The zero-order chi connectivity index (χ0) is 24.0. The third kappa shape index (κ3) is 6.16. The molecule has 1 heterocycles. The maximum absolute atomic E-state index is 13.1. The summed E-state index contributed by atoms with van der Waals surface area (Å²) in [4.78, 5) is 29.8. The van der Waals surface area contributed by atoms with Crippen LogP contribution >= 0.6 is 0 Å². The lowest BCUT2D eigenvalue weighted by Crippen LogP contribution is -2.36. The molecule has 178 valence electrons. The summed E-state index contributed by atoms with van der Waals surface area (Å²) in [6.45, 7) is 9.41. The van der Waals surface area contributed by atoms with Gasteiger partial charge in [-0.2, -0.15) is 0 Å². The van der Waals surface area contributed by atoms with Crippen LogP contribution in [0.5, 0.6) is 5.75 Å². The lowest BCUT2D eigenvalue weighted by molar-refractivity contribution is -0.133. The number of ether oxygens (including phenoxy) is 1. The number of amides is 2. The molecule has 5 heteroatoms. The summed E-state index contributed by atoms with van der Waals surface area (Å²) in [6.07, 6.45) is 3.83. The minimum absolute atomic E-state index is 0.0113. The quantitative estimate of drug-likeness (QED) is 0.475. The first-order valence-electron chi connectivity index (χ1n) is 12.1. The molecule has 1 fully saturated rings. The van der Waals surface area contributed by atoms with Crippen molar-refractivity contribution in [2.75, 3.05) is 20.2 Å². The molecule has 1 aliphatic rings. The van der Waals surface area contributed by atoms with Crippen LogP contribution in [-0.4, -0.2) is 41.8 Å². The number of carbonyl (C=O) groups is 2. The highest BCUT2D eigenvalue weighted by atomic mass is 16.5. The first kappa shape index (κ1) is 24.8. The Morgan fingerprint density at radius 3 is 2.27 bits per heavy atom. The second-order valence-corrected chi connectivity index (χ2v) is 9.91. The average Bonchev–Trinajstić information content (AvgIpc) is 3.13. The predicted molar refractivity (Wildman–Crippen MR) is 132 cm³/mol. The maximum Gasteiger partial charge on any atom is 0.244 e. The van der Waals surface area contributed by atoms with Crippen molar-refractivity contribution in [2.45, 2.75) is 71.4 Å². The molecule has 1 aliphatic heterocycles. The Hall–Kier alpha value is -2.82. The molecule has 5 nitrogen and oxygen atoms in total. The van der Waals surface area contributed by atoms with Crippen LogP contribution < -0.4 is 4.74 Å². The molecule has 0 spiro atoms. The third-order valence-electron chi connectivity index (χ3n) is 6.41. The van der Waals surface area contributed by atoms with E-state index < -0.39 is 0 Å². The Bertz CT molecular complexity index is 929. The van der Waals surface area contributed by atoms with E-state index in [4.69, 9.17) is 4.74 Å². The molecule has 2 aromatic carbocycles. The van der Waals surface area contributed by atoms with Gasteiger partial charge in [-0.25, -0.2) is 0 Å². The number of hydrogen-bond acceptors (Lipinski definition) is 3. The summed E-state index contributed by atoms with van der Waals surface area (Å²) in [5.41, 5.74) is 3.42. The second kappa shape index (κ2) is 10.9. The van der Waals surface area contributed by atoms with E-state index >= 15 is 0 Å². The molecular formula is C28H38N2O3. The van der Waals surface area contributed by atoms with Gasteiger partial charge < -0.3 is 14.5 Å². The van der Waals surface area contributed by atoms with Crippen molar-refractivity contribution in [1.29, 1.82) is 0 Å². The van der Waals surface area contributed by atoms with E-state index in [1.165, 1.54) is 5.56 Å². The second-order valence-electron chi connectivity index (χ2n) is 9.91. The lowest BCUT2D eigenvalue weighted by Gasteiger charge is -2.31. The number of unbranched alkanes of at least 4 members (excludes halogenated alkanes) is 2. The number of methoxy groups -OCH3 is 1. The number of benzene rings is 2. The van der Waals surface area contributed by atoms with Crippen LogP contribution in [0.2, 0.25) is 0 Å². The van der Waals surface area contributed by atoms with Gasteiger partial charge in [0.15, 0.2) is 0 Å². The van der Waals surface area contributed by atoms with Gasteiger partial charge in [0.05, 0.1) is 7.11 Å². The first-order chi connectivity index (χ1) is 15.7. The summed E-state index contributed by atoms with van der Waals surface area (Å²) in [7, 11) is 1.65. The number of nitrogens with zero attached hydrogens (tertiary/aromatic N) is 2. The van der Waals surface area contributed by atoms with E-state index in [0.717, 1.165) is 42.6 Å². The molecule has 2 aromatic rings. The molecule has 1 atom stereocenters. The van der Waals surface area contributed by atoms with E-state index in [1.54, 1.807) is 12.0 Å². The summed E-state index contributed by atoms with van der Waals surface area (Å²) < 4.78 is 5.24. The summed E-state index contributed by atoms with van der Waals surface area (Å²) in [5, 5.41) is 0. The summed E-state index contributed by atoms with van der Waals surface area (Å²) >= 11 is 0. The minimum Gasteiger partial charge on any atom is -0.497 e. The van der Waals surface area contributed by atoms with Crippen molar-refractivity contribution < 1.29 is 14.3 Å². The fourth-order valence-electron chi connectivity index (χ4n) is 4.33. The molecule has 2 amide bonds. The fraction of sp³-hybridized carbons (Fsp3) is 0.500. The highest BCUT2D eigenvalue weighted by Gasteiger charge is 2.40. The van der Waals surface area contributed by atoms with Gasteiger partial charge in [-0.3, -0.25) is 9.59 Å². The largest absolute Gasteiger partial charge is 0.497 e. The monoisotopic (exact) mass is 450 g/mol. The molecule has 0 aliphatic carbocycles. The molecule has 0 N–H and O–H groups in total. The van der Waals surface area contributed by atoms with Gasteiger partial charge >= 0.3 is 0 Å². The molecule has 33 heavy (non-hydrogen) atoms. The Morgan fingerprint density at radius 2 is 1.70 bits per heavy atom. The van der Waals surface area contributed by atoms with Crippen LogP contribution in [0.15, 0.2) is 48.5 Å². The third-order valence-corrected chi connectivity index (χ3v) is 6.41. The molecule has 1 unspecified atom stereocenters. The Morgan fingerprint density at radius 1 is 1.03 bits per heavy atom. The molecule has 1 saturated heterocycles. The molecular weight excluding hydrogens is 412 g/mol. The standard InChI is InChI=1S/C28H38N2O3/c1-6-7-8-9-25(31)30-20-26(32)29(19-18-21-10-16-24(33-5)17-11-21)27(30)22-12-14-23(15-13-22)28(2,3)4/h10-17,27H,6-9,18-20H2,1-5H3. The van der Waals surface area contributed by atoms with E-state index in [9.17, 15) is 9.59 Å². The van der Waals surface area contributed by atoms with Gasteiger partial charge in [0.1, 0.15) is 18.5 Å². The Labute approximate surface area is 198 Å². The molecule has 0 aromatic heterocycles. The topological polar surface area (TPSA) is 49.9 Å². The normalized spacial score (nSPS) is 16.4. The van der Waals surface area contributed by atoms with Gasteiger partial charge in [0.25, 0.3) is 0 Å². The first-order valence-corrected chi connectivity index (χ1v) is 12.1. The van der Waals surface area contributed by atoms with Crippen molar-refractivity contribution >= 4 is 11.8 Å². The van der Waals surface area contributed by atoms with Gasteiger partial charge in [0, 0.05) is 13.0 Å². The highest BCUT2D eigenvalue weighted by molar-refractivity contribution is 5.88. The fourth-order valence-corrected chi connectivity index (χ4v) is 4.33. The zero-order valence-electron chi connectivity index (χ0n) is 20.8. The minimum atomic E-state index is -0.348. The van der Waals surface area contributed by atoms with Crippen LogP contribution in [0.25, 0.3) is 0 Å². The van der Waals surface area contributed by atoms with E-state index in [2.05, 4.69) is 52.0 Å². The van der Waals surface area contributed by atoms with E-state index in [-0.39, 0.29) is 29.9 Å². The van der Waals surface area contributed by atoms with E-state index in [0.29, 0.717) is 13.0 Å². The van der Waals surface area contributed by atoms with Gasteiger partial charge in [-0.05, 0) is 47.1 Å². The lowest BCUT2D eigenvalue weighted by atomic mass is 9.86. The zero-order valence-corrected chi connectivity index (χ0v) is 20.8. The molecule has 0 saturated carbocycles. The van der Waals surface area contributed by atoms with Gasteiger partial charge in [-0.15, -0.1) is 0 Å². The average molecular weight is 451 g/mol. The summed E-state index contributed by atoms with van der Waals surface area (Å²) in [6, 6.07) is 16.3. The molecule has 0 bridgehead atoms. The highest BCUT2D eigenvalue weighted by Crippen LogP contribution is 2.33.